The molecule has 0 aliphatic heterocycles. The monoisotopic (exact) mass is 238 g/mol. The molecule has 4 heteroatoms. The Morgan fingerprint density at radius 1 is 1.62 bits per heavy atom. The number of hydrogen-bond acceptors (Lipinski definition) is 2. The largest absolute Gasteiger partial charge is 0.294 e. The molecule has 2 rings (SSSR count). The SMILES string of the molecule is CC(=O)c1cccn2c(Br)ncc12. The van der Waals surface area contributed by atoms with Gasteiger partial charge in [0.05, 0.1) is 11.7 Å². The van der Waals surface area contributed by atoms with E-state index in [1.54, 1.807) is 19.2 Å². The van der Waals surface area contributed by atoms with Crippen LogP contribution in [0.15, 0.2) is 29.3 Å². The molecule has 0 N–H and O–H groups in total. The van der Waals surface area contributed by atoms with E-state index >= 15 is 0 Å². The van der Waals surface area contributed by atoms with Crippen molar-refractivity contribution < 1.29 is 4.79 Å². The minimum absolute atomic E-state index is 0.0537. The Balaban J connectivity index is 2.84. The molecule has 0 radical (unpaired) electrons. The van der Waals surface area contributed by atoms with Gasteiger partial charge < -0.3 is 0 Å². The molecule has 2 heterocycles. The molecule has 13 heavy (non-hydrogen) atoms. The van der Waals surface area contributed by atoms with E-state index in [1.165, 1.54) is 0 Å². The second-order valence-corrected chi connectivity index (χ2v) is 3.47. The number of rotatable bonds is 1. The van der Waals surface area contributed by atoms with Gasteiger partial charge >= 0.3 is 0 Å². The van der Waals surface area contributed by atoms with Gasteiger partial charge in [0, 0.05) is 11.8 Å². The normalized spacial score (nSPS) is 10.6. The predicted molar refractivity (Wildman–Crippen MR) is 52.9 cm³/mol. The van der Waals surface area contributed by atoms with E-state index in [-0.39, 0.29) is 5.78 Å². The van der Waals surface area contributed by atoms with Crippen molar-refractivity contribution in [3.63, 3.8) is 0 Å². The first-order valence-electron chi connectivity index (χ1n) is 3.82. The quantitative estimate of drug-likeness (QED) is 0.715. The second kappa shape index (κ2) is 2.96. The number of fused-ring (bicyclic) bond motifs is 1. The third-order valence-corrected chi connectivity index (χ3v) is 2.49. The first kappa shape index (κ1) is 8.44. The molecule has 0 saturated carbocycles. The van der Waals surface area contributed by atoms with Crippen molar-refractivity contribution in [3.05, 3.63) is 34.8 Å². The molecule has 0 aliphatic carbocycles. The van der Waals surface area contributed by atoms with E-state index in [1.807, 2.05) is 16.7 Å². The lowest BCUT2D eigenvalue weighted by molar-refractivity contribution is 0.101. The summed E-state index contributed by atoms with van der Waals surface area (Å²) in [6.45, 7) is 1.55. The average Bonchev–Trinajstić information content (AvgIpc) is 2.48. The van der Waals surface area contributed by atoms with Gasteiger partial charge in [-0.15, -0.1) is 0 Å². The van der Waals surface area contributed by atoms with Gasteiger partial charge in [0.15, 0.2) is 10.5 Å². The third-order valence-electron chi connectivity index (χ3n) is 1.90. The molecule has 0 fully saturated rings. The van der Waals surface area contributed by atoms with E-state index in [0.29, 0.717) is 10.3 Å². The minimum atomic E-state index is 0.0537. The van der Waals surface area contributed by atoms with Crippen LogP contribution < -0.4 is 0 Å². The number of halogens is 1. The van der Waals surface area contributed by atoms with Crippen LogP contribution in [0.4, 0.5) is 0 Å². The maximum absolute atomic E-state index is 11.2. The van der Waals surface area contributed by atoms with Gasteiger partial charge in [0.2, 0.25) is 0 Å². The molecule has 66 valence electrons. The Morgan fingerprint density at radius 2 is 2.38 bits per heavy atom. The van der Waals surface area contributed by atoms with E-state index < -0.39 is 0 Å². The lowest BCUT2D eigenvalue weighted by Crippen LogP contribution is -1.95. The van der Waals surface area contributed by atoms with Crippen LogP contribution in [0, 0.1) is 0 Å². The zero-order valence-electron chi connectivity index (χ0n) is 6.99. The average molecular weight is 239 g/mol. The first-order valence-corrected chi connectivity index (χ1v) is 4.62. The van der Waals surface area contributed by atoms with Crippen molar-refractivity contribution in [1.82, 2.24) is 9.38 Å². The summed E-state index contributed by atoms with van der Waals surface area (Å²) in [5, 5.41) is 0. The highest BCUT2D eigenvalue weighted by Crippen LogP contribution is 2.16. The van der Waals surface area contributed by atoms with Crippen molar-refractivity contribution >= 4 is 27.2 Å². The fourth-order valence-corrected chi connectivity index (χ4v) is 1.70. The highest BCUT2D eigenvalue weighted by molar-refractivity contribution is 9.10. The van der Waals surface area contributed by atoms with Gasteiger partial charge in [0.25, 0.3) is 0 Å². The fourth-order valence-electron chi connectivity index (χ4n) is 1.29. The Hall–Kier alpha value is -1.16. The van der Waals surface area contributed by atoms with E-state index in [2.05, 4.69) is 20.9 Å². The molecule has 0 amide bonds. The molecule has 3 nitrogen and oxygen atoms in total. The molecular formula is C9H7BrN2O. The lowest BCUT2D eigenvalue weighted by Gasteiger charge is -1.99. The van der Waals surface area contributed by atoms with Crippen molar-refractivity contribution in [1.29, 1.82) is 0 Å². The fraction of sp³-hybridized carbons (Fsp3) is 0.111. The van der Waals surface area contributed by atoms with Crippen LogP contribution in [0.5, 0.6) is 0 Å². The molecule has 0 atom stereocenters. The highest BCUT2D eigenvalue weighted by Gasteiger charge is 2.07. The third kappa shape index (κ3) is 1.27. The summed E-state index contributed by atoms with van der Waals surface area (Å²) in [5.41, 5.74) is 1.53. The predicted octanol–water partition coefficient (Wildman–Crippen LogP) is 2.30. The van der Waals surface area contributed by atoms with Crippen LogP contribution in [0.1, 0.15) is 17.3 Å². The summed E-state index contributed by atoms with van der Waals surface area (Å²) in [4.78, 5) is 15.3. The van der Waals surface area contributed by atoms with Crippen molar-refractivity contribution in [2.75, 3.05) is 0 Å². The smallest absolute Gasteiger partial charge is 0.181 e. The Bertz CT molecular complexity index is 475. The summed E-state index contributed by atoms with van der Waals surface area (Å²) < 4.78 is 2.54. The number of hydrogen-bond donors (Lipinski definition) is 0. The van der Waals surface area contributed by atoms with Crippen LogP contribution in [-0.4, -0.2) is 15.2 Å². The molecule has 0 unspecified atom stereocenters. The van der Waals surface area contributed by atoms with Gasteiger partial charge in [-0.05, 0) is 35.0 Å². The summed E-state index contributed by atoms with van der Waals surface area (Å²) in [6, 6.07) is 3.63. The molecular weight excluding hydrogens is 232 g/mol. The Morgan fingerprint density at radius 3 is 3.08 bits per heavy atom. The highest BCUT2D eigenvalue weighted by atomic mass is 79.9. The molecule has 0 spiro atoms. The first-order chi connectivity index (χ1) is 6.20. The number of nitrogens with zero attached hydrogens (tertiary/aromatic N) is 2. The zero-order valence-corrected chi connectivity index (χ0v) is 8.58. The maximum Gasteiger partial charge on any atom is 0.181 e. The number of carbonyl (C=O) groups excluding carboxylic acids is 1. The van der Waals surface area contributed by atoms with Crippen LogP contribution >= 0.6 is 15.9 Å². The Kier molecular flexibility index (Phi) is 1.92. The van der Waals surface area contributed by atoms with Gasteiger partial charge in [-0.1, -0.05) is 0 Å². The maximum atomic E-state index is 11.2. The summed E-state index contributed by atoms with van der Waals surface area (Å²) in [5.74, 6) is 0.0537. The molecule has 0 saturated heterocycles. The molecule has 0 bridgehead atoms. The van der Waals surface area contributed by atoms with Crippen LogP contribution in [-0.2, 0) is 0 Å². The number of carbonyl (C=O) groups is 1. The van der Waals surface area contributed by atoms with Crippen LogP contribution in [0.25, 0.3) is 5.52 Å². The molecule has 2 aromatic heterocycles. The van der Waals surface area contributed by atoms with Gasteiger partial charge in [-0.2, -0.15) is 0 Å². The van der Waals surface area contributed by atoms with Gasteiger partial charge in [0.1, 0.15) is 0 Å². The summed E-state index contributed by atoms with van der Waals surface area (Å²) >= 11 is 3.29. The van der Waals surface area contributed by atoms with Crippen LogP contribution in [0.3, 0.4) is 0 Å². The number of Topliss-reactive ketones (excluding diaryl/α,β-unsaturated/α-hetero) is 1. The van der Waals surface area contributed by atoms with Crippen molar-refractivity contribution in [3.8, 4) is 0 Å². The molecule has 0 aliphatic rings. The van der Waals surface area contributed by atoms with E-state index in [4.69, 9.17) is 0 Å². The molecule has 0 aromatic carbocycles. The minimum Gasteiger partial charge on any atom is -0.294 e. The number of imidazole rings is 1. The van der Waals surface area contributed by atoms with Gasteiger partial charge in [-0.3, -0.25) is 9.20 Å². The van der Waals surface area contributed by atoms with Crippen molar-refractivity contribution in [2.45, 2.75) is 6.92 Å². The Labute approximate surface area is 83.5 Å². The number of pyridine rings is 1. The van der Waals surface area contributed by atoms with Crippen LogP contribution in [0.2, 0.25) is 0 Å². The van der Waals surface area contributed by atoms with E-state index in [0.717, 1.165) is 5.52 Å². The zero-order chi connectivity index (χ0) is 9.42. The van der Waals surface area contributed by atoms with Gasteiger partial charge in [-0.25, -0.2) is 4.98 Å². The van der Waals surface area contributed by atoms with E-state index in [9.17, 15) is 4.79 Å². The summed E-state index contributed by atoms with van der Waals surface area (Å²) in [6.07, 6.45) is 3.54. The lowest BCUT2D eigenvalue weighted by atomic mass is 10.2. The van der Waals surface area contributed by atoms with Crippen molar-refractivity contribution in [2.24, 2.45) is 0 Å². The second-order valence-electron chi connectivity index (χ2n) is 2.76. The topological polar surface area (TPSA) is 34.4 Å². The summed E-state index contributed by atoms with van der Waals surface area (Å²) in [7, 11) is 0. The standard InChI is InChI=1S/C9H7BrN2O/c1-6(13)7-3-2-4-12-8(7)5-11-9(12)10/h2-5H,1H3. The number of ketones is 1. The number of aromatic nitrogens is 2. The molecule has 2 aromatic rings.